The van der Waals surface area contributed by atoms with E-state index in [4.69, 9.17) is 19.4 Å². The molecule has 1 N–H and O–H groups in total. The van der Waals surface area contributed by atoms with Crippen LogP contribution < -0.4 is 9.47 Å². The molecular formula is C48H41F4N5O4. The summed E-state index contributed by atoms with van der Waals surface area (Å²) in [5.41, 5.74) is 7.63. The Labute approximate surface area is 349 Å². The quantitative estimate of drug-likeness (QED) is 0.138. The van der Waals surface area contributed by atoms with Gasteiger partial charge in [-0.3, -0.25) is 14.6 Å². The van der Waals surface area contributed by atoms with Crippen molar-refractivity contribution in [3.63, 3.8) is 0 Å². The summed E-state index contributed by atoms with van der Waals surface area (Å²) in [6.45, 7) is 1.06. The molecule has 2 saturated heterocycles. The molecule has 9 nitrogen and oxygen atoms in total. The number of H-pyrrole nitrogens is 1. The van der Waals surface area contributed by atoms with Crippen LogP contribution in [0, 0.1) is 23.3 Å². The minimum atomic E-state index is -0.847. The van der Waals surface area contributed by atoms with Gasteiger partial charge < -0.3 is 24.3 Å². The number of halogens is 4. The molecule has 13 heteroatoms. The number of amides is 2. The van der Waals surface area contributed by atoms with E-state index >= 15 is 0 Å². The van der Waals surface area contributed by atoms with E-state index < -0.39 is 34.8 Å². The molecule has 310 valence electrons. The van der Waals surface area contributed by atoms with Gasteiger partial charge in [-0.25, -0.2) is 22.5 Å². The number of hydrogen-bond acceptors (Lipinski definition) is 6. The summed E-state index contributed by atoms with van der Waals surface area (Å²) in [5, 5.41) is 0.963. The van der Waals surface area contributed by atoms with E-state index in [0.29, 0.717) is 25.3 Å². The fourth-order valence-electron chi connectivity index (χ4n) is 8.81. The number of nitrogens with zero attached hydrogens (tertiary/aromatic N) is 4. The van der Waals surface area contributed by atoms with Crippen LogP contribution in [0.2, 0.25) is 0 Å². The van der Waals surface area contributed by atoms with Crippen molar-refractivity contribution in [1.29, 1.82) is 0 Å². The third-order valence-corrected chi connectivity index (χ3v) is 11.8. The fraction of sp³-hybridized carbons (Fsp3) is 0.250. The molecule has 61 heavy (non-hydrogen) atoms. The zero-order chi connectivity index (χ0) is 42.4. The number of ether oxygens (including phenoxy) is 2. The number of aromatic amines is 1. The van der Waals surface area contributed by atoms with Gasteiger partial charge in [0.2, 0.25) is 11.8 Å². The Balaban J connectivity index is 0.893. The van der Waals surface area contributed by atoms with Crippen molar-refractivity contribution in [3.05, 3.63) is 143 Å². The lowest BCUT2D eigenvalue weighted by Gasteiger charge is -2.25. The fourth-order valence-corrected chi connectivity index (χ4v) is 8.81. The van der Waals surface area contributed by atoms with Crippen LogP contribution in [0.4, 0.5) is 17.6 Å². The number of likely N-dealkylation sites (tertiary alicyclic amines) is 2. The highest BCUT2D eigenvalue weighted by molar-refractivity contribution is 5.86. The van der Waals surface area contributed by atoms with Crippen molar-refractivity contribution in [3.8, 4) is 33.8 Å². The summed E-state index contributed by atoms with van der Waals surface area (Å²) in [6, 6.07) is 28.3. The molecule has 4 heterocycles. The molecule has 5 aromatic carbocycles. The number of aromatic nitrogens is 3. The number of nitrogens with one attached hydrogen (secondary N) is 1. The Morgan fingerprint density at radius 2 is 1.10 bits per heavy atom. The zero-order valence-corrected chi connectivity index (χ0v) is 33.5. The van der Waals surface area contributed by atoms with Crippen LogP contribution in [0.25, 0.3) is 44.2 Å². The highest BCUT2D eigenvalue weighted by Crippen LogP contribution is 2.36. The molecule has 0 radical (unpaired) electrons. The van der Waals surface area contributed by atoms with Gasteiger partial charge in [0.15, 0.2) is 34.8 Å². The molecule has 0 bridgehead atoms. The Bertz CT molecular complexity index is 2780. The van der Waals surface area contributed by atoms with Crippen LogP contribution in [-0.4, -0.2) is 63.9 Å². The molecule has 0 saturated carbocycles. The summed E-state index contributed by atoms with van der Waals surface area (Å²) in [7, 11) is 2.39. The molecule has 2 aliphatic rings. The number of pyridine rings is 1. The first-order chi connectivity index (χ1) is 29.6. The van der Waals surface area contributed by atoms with Crippen LogP contribution in [-0.2, 0) is 22.4 Å². The van der Waals surface area contributed by atoms with E-state index in [1.54, 1.807) is 9.80 Å². The molecule has 0 spiro atoms. The van der Waals surface area contributed by atoms with E-state index in [1.807, 2.05) is 42.5 Å². The molecule has 2 atom stereocenters. The van der Waals surface area contributed by atoms with Crippen LogP contribution in [0.1, 0.15) is 60.4 Å². The summed E-state index contributed by atoms with van der Waals surface area (Å²) in [5.74, 6) is -4.11. The van der Waals surface area contributed by atoms with Gasteiger partial charge in [-0.05, 0) is 108 Å². The molecule has 2 aromatic heterocycles. The minimum Gasteiger partial charge on any atom is -0.491 e. The maximum Gasteiger partial charge on any atom is 0.227 e. The average Bonchev–Trinajstić information content (AvgIpc) is 4.04. The van der Waals surface area contributed by atoms with Gasteiger partial charge in [0, 0.05) is 18.5 Å². The topological polar surface area (TPSA) is 101 Å². The first-order valence-corrected chi connectivity index (χ1v) is 20.2. The molecule has 9 rings (SSSR count). The van der Waals surface area contributed by atoms with Crippen molar-refractivity contribution >= 4 is 33.8 Å². The van der Waals surface area contributed by atoms with E-state index in [2.05, 4.69) is 35.3 Å². The summed E-state index contributed by atoms with van der Waals surface area (Å²) >= 11 is 0. The van der Waals surface area contributed by atoms with Gasteiger partial charge in [-0.15, -0.1) is 0 Å². The monoisotopic (exact) mass is 827 g/mol. The van der Waals surface area contributed by atoms with E-state index in [1.165, 1.54) is 14.2 Å². The molecule has 2 fully saturated rings. The molecule has 0 aliphatic carbocycles. The van der Waals surface area contributed by atoms with Crippen molar-refractivity contribution in [1.82, 2.24) is 24.8 Å². The third-order valence-electron chi connectivity index (χ3n) is 11.8. The van der Waals surface area contributed by atoms with Gasteiger partial charge in [0.1, 0.15) is 5.82 Å². The zero-order valence-electron chi connectivity index (χ0n) is 33.5. The molecule has 2 amide bonds. The first kappa shape index (κ1) is 39.7. The normalized spacial score (nSPS) is 16.5. The number of carbonyl (C=O) groups is 2. The highest BCUT2D eigenvalue weighted by atomic mass is 19.1. The Kier molecular flexibility index (Phi) is 10.6. The smallest absolute Gasteiger partial charge is 0.227 e. The Hall–Kier alpha value is -6.76. The van der Waals surface area contributed by atoms with Gasteiger partial charge in [0.25, 0.3) is 0 Å². The van der Waals surface area contributed by atoms with Crippen LogP contribution >= 0.6 is 0 Å². The van der Waals surface area contributed by atoms with Gasteiger partial charge in [-0.2, -0.15) is 0 Å². The van der Waals surface area contributed by atoms with Crippen molar-refractivity contribution < 1.29 is 36.6 Å². The second kappa shape index (κ2) is 16.4. The lowest BCUT2D eigenvalue weighted by Crippen LogP contribution is -2.32. The summed E-state index contributed by atoms with van der Waals surface area (Å²) in [4.78, 5) is 43.6. The molecular weight excluding hydrogens is 787 g/mol. The largest absolute Gasteiger partial charge is 0.491 e. The Morgan fingerprint density at radius 3 is 1.67 bits per heavy atom. The predicted octanol–water partition coefficient (Wildman–Crippen LogP) is 9.83. The first-order valence-electron chi connectivity index (χ1n) is 20.2. The second-order valence-electron chi connectivity index (χ2n) is 15.6. The maximum absolute atomic E-state index is 14.4. The number of methoxy groups -OCH3 is 2. The Morgan fingerprint density at radius 1 is 0.607 bits per heavy atom. The lowest BCUT2D eigenvalue weighted by atomic mass is 9.99. The number of fused-ring (bicyclic) bond motifs is 2. The summed E-state index contributed by atoms with van der Waals surface area (Å²) in [6.07, 6.45) is 2.75. The molecule has 7 aromatic rings. The number of imidazole rings is 1. The predicted molar refractivity (Wildman–Crippen MR) is 223 cm³/mol. The van der Waals surface area contributed by atoms with Crippen LogP contribution in [0.15, 0.2) is 97.1 Å². The molecule has 2 aliphatic heterocycles. The number of carbonyl (C=O) groups excluding carboxylic acids is 2. The van der Waals surface area contributed by atoms with E-state index in [-0.39, 0.29) is 47.9 Å². The third kappa shape index (κ3) is 7.76. The minimum absolute atomic E-state index is 0.136. The van der Waals surface area contributed by atoms with Crippen molar-refractivity contribution in [2.24, 2.45) is 0 Å². The average molecular weight is 828 g/mol. The lowest BCUT2D eigenvalue weighted by molar-refractivity contribution is -0.132. The maximum atomic E-state index is 14.4. The number of benzene rings is 5. The standard InChI is InChI=1S/C48H41F4N5O4/c1-60-46-34(49)19-27(20-35(46)50)23-44(58)56-17-3-5-42(56)39-16-13-31-11-12-32(25-40(31)53-39)29-7-9-30(10-8-29)33-14-15-38-41(26-33)55-48(54-38)43-6-4-18-57(43)45(59)24-28-21-36(51)47(61-2)37(52)22-28/h7-16,19-22,25-26,42-43H,3-6,17-18,23-24H2,1-2H3,(H,54,55). The SMILES string of the molecule is COc1c(F)cc(CC(=O)N2CCCC2c2ccc3ccc(-c4ccc(-c5ccc6nc(C7CCCN7C(=O)Cc7cc(F)c(OC)c(F)c7)[nH]c6c5)cc4)cc3n2)cc1F. The van der Waals surface area contributed by atoms with E-state index in [0.717, 1.165) is 93.4 Å². The van der Waals surface area contributed by atoms with Gasteiger partial charge in [-0.1, -0.05) is 48.5 Å². The van der Waals surface area contributed by atoms with Crippen molar-refractivity contribution in [2.45, 2.75) is 50.6 Å². The molecule has 2 unspecified atom stereocenters. The second-order valence-corrected chi connectivity index (χ2v) is 15.6. The van der Waals surface area contributed by atoms with Crippen LogP contribution in [0.5, 0.6) is 11.5 Å². The van der Waals surface area contributed by atoms with Gasteiger partial charge in [0.05, 0.1) is 61.4 Å². The van der Waals surface area contributed by atoms with Crippen molar-refractivity contribution in [2.75, 3.05) is 27.3 Å². The van der Waals surface area contributed by atoms with Gasteiger partial charge >= 0.3 is 0 Å². The highest BCUT2D eigenvalue weighted by Gasteiger charge is 2.33. The van der Waals surface area contributed by atoms with Crippen LogP contribution in [0.3, 0.4) is 0 Å². The number of hydrogen-bond donors (Lipinski definition) is 1. The number of rotatable bonds is 10. The summed E-state index contributed by atoms with van der Waals surface area (Å²) < 4.78 is 66.9. The van der Waals surface area contributed by atoms with E-state index in [9.17, 15) is 27.2 Å².